The van der Waals surface area contributed by atoms with Gasteiger partial charge in [-0.25, -0.2) is 8.42 Å². The Kier molecular flexibility index (Phi) is 9.50. The average Bonchev–Trinajstić information content (AvgIpc) is 3.37. The molecule has 2 aromatic rings. The predicted octanol–water partition coefficient (Wildman–Crippen LogP) is 3.49. The van der Waals surface area contributed by atoms with Gasteiger partial charge in [0.2, 0.25) is 21.8 Å². The fourth-order valence-electron chi connectivity index (χ4n) is 4.51. The van der Waals surface area contributed by atoms with Crippen molar-refractivity contribution in [2.24, 2.45) is 0 Å². The van der Waals surface area contributed by atoms with Gasteiger partial charge in [-0.3, -0.25) is 9.59 Å². The van der Waals surface area contributed by atoms with Crippen LogP contribution in [-0.2, 0) is 26.2 Å². The van der Waals surface area contributed by atoms with E-state index in [4.69, 9.17) is 4.74 Å². The molecule has 0 bridgehead atoms. The Morgan fingerprint density at radius 1 is 1.11 bits per heavy atom. The van der Waals surface area contributed by atoms with E-state index in [-0.39, 0.29) is 29.9 Å². The molecule has 1 N–H and O–H groups in total. The van der Waals surface area contributed by atoms with Crippen LogP contribution in [0, 0.1) is 6.92 Å². The Morgan fingerprint density at radius 2 is 1.78 bits per heavy atom. The monoisotopic (exact) mass is 515 g/mol. The summed E-state index contributed by atoms with van der Waals surface area (Å²) in [6.45, 7) is 3.51. The van der Waals surface area contributed by atoms with Crippen LogP contribution in [0.4, 0.5) is 0 Å². The maximum atomic E-state index is 13.6. The topological polar surface area (TPSA) is 96.0 Å². The zero-order valence-corrected chi connectivity index (χ0v) is 22.4. The fourth-order valence-corrected chi connectivity index (χ4v) is 5.63. The first-order valence-electron chi connectivity index (χ1n) is 12.4. The molecule has 0 radical (unpaired) electrons. The van der Waals surface area contributed by atoms with Gasteiger partial charge in [-0.1, -0.05) is 49.6 Å². The van der Waals surface area contributed by atoms with Crippen molar-refractivity contribution in [3.05, 3.63) is 59.7 Å². The Hall–Kier alpha value is -2.91. The number of carbonyl (C=O) groups is 2. The number of aryl methyl sites for hydroxylation is 1. The first-order valence-corrected chi connectivity index (χ1v) is 13.9. The molecule has 1 unspecified atom stereocenters. The van der Waals surface area contributed by atoms with Crippen LogP contribution in [0.1, 0.15) is 50.2 Å². The van der Waals surface area contributed by atoms with E-state index < -0.39 is 22.0 Å². The van der Waals surface area contributed by atoms with Crippen LogP contribution in [0.5, 0.6) is 5.75 Å². The molecule has 2 aromatic carbocycles. The second-order valence-electron chi connectivity index (χ2n) is 9.36. The molecular weight excluding hydrogens is 478 g/mol. The maximum absolute atomic E-state index is 13.6. The minimum absolute atomic E-state index is 0.116. The van der Waals surface area contributed by atoms with Crippen molar-refractivity contribution < 1.29 is 22.7 Å². The van der Waals surface area contributed by atoms with E-state index >= 15 is 0 Å². The molecule has 1 aliphatic carbocycles. The number of methoxy groups -OCH3 is 1. The van der Waals surface area contributed by atoms with Gasteiger partial charge in [0.15, 0.2) is 0 Å². The third-order valence-electron chi connectivity index (χ3n) is 6.66. The number of sulfonamides is 1. The summed E-state index contributed by atoms with van der Waals surface area (Å²) in [6.07, 6.45) is 4.43. The van der Waals surface area contributed by atoms with E-state index in [0.29, 0.717) is 12.2 Å². The predicted molar refractivity (Wildman–Crippen MR) is 139 cm³/mol. The summed E-state index contributed by atoms with van der Waals surface area (Å²) in [6, 6.07) is 13.2. The summed E-state index contributed by atoms with van der Waals surface area (Å²) in [5.74, 6) is -0.00320. The summed E-state index contributed by atoms with van der Waals surface area (Å²) >= 11 is 0. The van der Waals surface area contributed by atoms with Crippen LogP contribution in [0.2, 0.25) is 0 Å². The first kappa shape index (κ1) is 27.7. The van der Waals surface area contributed by atoms with Gasteiger partial charge < -0.3 is 15.0 Å². The molecule has 9 heteroatoms. The number of hydrogen-bond acceptors (Lipinski definition) is 5. The lowest BCUT2D eigenvalue weighted by Gasteiger charge is -2.32. The van der Waals surface area contributed by atoms with Crippen LogP contribution < -0.4 is 10.1 Å². The number of amides is 2. The van der Waals surface area contributed by atoms with Crippen LogP contribution in [0.15, 0.2) is 53.4 Å². The molecule has 196 valence electrons. The normalized spacial score (nSPS) is 15.0. The fraction of sp³-hybridized carbons (Fsp3) is 0.481. The van der Waals surface area contributed by atoms with E-state index in [1.807, 2.05) is 38.1 Å². The second-order valence-corrected chi connectivity index (χ2v) is 11.4. The SMILES string of the molecule is CCC(C(=O)NC1CCCC1)N(Cc1cccc(OC)c1)C(=O)CN(C)S(=O)(=O)c1ccc(C)cc1. The molecular formula is C27H37N3O5S. The number of hydrogen-bond donors (Lipinski definition) is 1. The molecule has 1 atom stereocenters. The lowest BCUT2D eigenvalue weighted by atomic mass is 10.1. The average molecular weight is 516 g/mol. The van der Waals surface area contributed by atoms with Crippen LogP contribution >= 0.6 is 0 Å². The van der Waals surface area contributed by atoms with Gasteiger partial charge in [-0.05, 0) is 56.0 Å². The van der Waals surface area contributed by atoms with Crippen molar-refractivity contribution in [3.63, 3.8) is 0 Å². The highest BCUT2D eigenvalue weighted by atomic mass is 32.2. The molecule has 2 amide bonds. The zero-order valence-electron chi connectivity index (χ0n) is 21.6. The largest absolute Gasteiger partial charge is 0.497 e. The number of carbonyl (C=O) groups excluding carboxylic acids is 2. The van der Waals surface area contributed by atoms with Crippen molar-refractivity contribution in [2.45, 2.75) is 69.5 Å². The van der Waals surface area contributed by atoms with E-state index in [0.717, 1.165) is 41.1 Å². The molecule has 0 heterocycles. The van der Waals surface area contributed by atoms with Gasteiger partial charge in [0.05, 0.1) is 18.6 Å². The van der Waals surface area contributed by atoms with Crippen molar-refractivity contribution in [2.75, 3.05) is 20.7 Å². The molecule has 8 nitrogen and oxygen atoms in total. The lowest BCUT2D eigenvalue weighted by Crippen LogP contribution is -2.53. The quantitative estimate of drug-likeness (QED) is 0.494. The first-order chi connectivity index (χ1) is 17.1. The van der Waals surface area contributed by atoms with Crippen molar-refractivity contribution in [1.82, 2.24) is 14.5 Å². The van der Waals surface area contributed by atoms with Gasteiger partial charge in [-0.2, -0.15) is 4.31 Å². The molecule has 3 rings (SSSR count). The van der Waals surface area contributed by atoms with Crippen molar-refractivity contribution in [1.29, 1.82) is 0 Å². The Labute approximate surface area is 214 Å². The van der Waals surface area contributed by atoms with Gasteiger partial charge in [0.1, 0.15) is 11.8 Å². The molecule has 36 heavy (non-hydrogen) atoms. The molecule has 0 saturated heterocycles. The number of nitrogens with one attached hydrogen (secondary N) is 1. The number of likely N-dealkylation sites (N-methyl/N-ethyl adjacent to an activating group) is 1. The van der Waals surface area contributed by atoms with Crippen LogP contribution in [0.3, 0.4) is 0 Å². The second kappa shape index (κ2) is 12.4. The van der Waals surface area contributed by atoms with Crippen molar-refractivity contribution in [3.8, 4) is 5.75 Å². The van der Waals surface area contributed by atoms with Gasteiger partial charge in [0, 0.05) is 19.6 Å². The summed E-state index contributed by atoms with van der Waals surface area (Å²) in [5, 5.41) is 3.10. The van der Waals surface area contributed by atoms with E-state index in [9.17, 15) is 18.0 Å². The van der Waals surface area contributed by atoms with Crippen LogP contribution in [0.25, 0.3) is 0 Å². The number of ether oxygens (including phenoxy) is 1. The highest BCUT2D eigenvalue weighted by Gasteiger charge is 2.33. The number of benzene rings is 2. The Morgan fingerprint density at radius 3 is 2.39 bits per heavy atom. The smallest absolute Gasteiger partial charge is 0.243 e. The molecule has 1 saturated carbocycles. The summed E-state index contributed by atoms with van der Waals surface area (Å²) in [7, 11) is -0.922. The molecule has 1 fully saturated rings. The number of rotatable bonds is 11. The Balaban J connectivity index is 1.85. The Bertz CT molecular complexity index is 1140. The molecule has 1 aliphatic rings. The summed E-state index contributed by atoms with van der Waals surface area (Å²) in [5.41, 5.74) is 1.73. The third-order valence-corrected chi connectivity index (χ3v) is 8.48. The van der Waals surface area contributed by atoms with E-state index in [1.54, 1.807) is 19.2 Å². The van der Waals surface area contributed by atoms with E-state index in [2.05, 4.69) is 5.32 Å². The van der Waals surface area contributed by atoms with Gasteiger partial charge in [-0.15, -0.1) is 0 Å². The highest BCUT2D eigenvalue weighted by molar-refractivity contribution is 7.89. The third kappa shape index (κ3) is 6.85. The molecule has 0 spiro atoms. The maximum Gasteiger partial charge on any atom is 0.243 e. The molecule has 0 aromatic heterocycles. The summed E-state index contributed by atoms with van der Waals surface area (Å²) < 4.78 is 32.6. The minimum atomic E-state index is -3.87. The standard InChI is InChI=1S/C27H37N3O5S/c1-5-25(27(32)28-22-10-6-7-11-22)30(18-21-9-8-12-23(17-21)35-4)26(31)19-29(3)36(33,34)24-15-13-20(2)14-16-24/h8-9,12-17,22,25H,5-7,10-11,18-19H2,1-4H3,(H,28,32). The minimum Gasteiger partial charge on any atom is -0.497 e. The highest BCUT2D eigenvalue weighted by Crippen LogP contribution is 2.21. The zero-order chi connectivity index (χ0) is 26.3. The lowest BCUT2D eigenvalue weighted by molar-refractivity contribution is -0.141. The van der Waals surface area contributed by atoms with Crippen molar-refractivity contribution >= 4 is 21.8 Å². The van der Waals surface area contributed by atoms with E-state index in [1.165, 1.54) is 24.1 Å². The number of nitrogens with zero attached hydrogens (tertiary/aromatic N) is 2. The molecule has 0 aliphatic heterocycles. The van der Waals surface area contributed by atoms with Crippen LogP contribution in [-0.4, -0.2) is 62.2 Å². The summed E-state index contributed by atoms with van der Waals surface area (Å²) in [4.78, 5) is 28.5. The van der Waals surface area contributed by atoms with Gasteiger partial charge >= 0.3 is 0 Å². The van der Waals surface area contributed by atoms with Gasteiger partial charge in [0.25, 0.3) is 0 Å².